The van der Waals surface area contributed by atoms with Crippen LogP contribution in [0, 0.1) is 18.8 Å². The normalized spacial score (nSPS) is 8.89. The van der Waals surface area contributed by atoms with E-state index in [1.807, 2.05) is 11.9 Å². The van der Waals surface area contributed by atoms with Gasteiger partial charge in [0.25, 0.3) is 0 Å². The second-order valence-corrected chi connectivity index (χ2v) is 2.16. The van der Waals surface area contributed by atoms with Gasteiger partial charge in [0, 0.05) is 19.3 Å². The number of hydrogen-bond donors (Lipinski definition) is 0. The average Bonchev–Trinajstić information content (AvgIpc) is 1.85. The summed E-state index contributed by atoms with van der Waals surface area (Å²) in [6.45, 7) is 5.04. The summed E-state index contributed by atoms with van der Waals surface area (Å²) in [5.41, 5.74) is 0. The lowest BCUT2D eigenvalue weighted by molar-refractivity contribution is 0.401. The fraction of sp³-hybridized carbons (Fsp3) is 0.571. The SMILES string of the molecule is [CH2]C#CCN(C)CCCl. The van der Waals surface area contributed by atoms with E-state index in [9.17, 15) is 0 Å². The van der Waals surface area contributed by atoms with E-state index in [1.54, 1.807) is 0 Å². The number of nitrogens with zero attached hydrogens (tertiary/aromatic N) is 1. The first-order valence-corrected chi connectivity index (χ1v) is 3.34. The van der Waals surface area contributed by atoms with E-state index in [0.29, 0.717) is 5.88 Å². The summed E-state index contributed by atoms with van der Waals surface area (Å²) in [5.74, 6) is 6.07. The molecule has 0 spiro atoms. The van der Waals surface area contributed by atoms with Crippen molar-refractivity contribution in [1.29, 1.82) is 0 Å². The molecule has 0 aliphatic heterocycles. The Morgan fingerprint density at radius 3 is 2.78 bits per heavy atom. The summed E-state index contributed by atoms with van der Waals surface area (Å²) >= 11 is 5.47. The maximum atomic E-state index is 5.47. The summed E-state index contributed by atoms with van der Waals surface area (Å²) in [7, 11) is 1.98. The van der Waals surface area contributed by atoms with E-state index in [-0.39, 0.29) is 0 Å². The lowest BCUT2D eigenvalue weighted by Gasteiger charge is -2.08. The van der Waals surface area contributed by atoms with E-state index < -0.39 is 0 Å². The molecular weight excluding hydrogens is 134 g/mol. The molecule has 0 aliphatic rings. The van der Waals surface area contributed by atoms with E-state index in [0.717, 1.165) is 13.1 Å². The Kier molecular flexibility index (Phi) is 5.81. The van der Waals surface area contributed by atoms with Crippen LogP contribution in [-0.2, 0) is 0 Å². The minimum Gasteiger partial charge on any atom is -0.294 e. The molecule has 0 saturated heterocycles. The van der Waals surface area contributed by atoms with Gasteiger partial charge in [0.15, 0.2) is 0 Å². The monoisotopic (exact) mass is 144 g/mol. The molecule has 0 heterocycles. The molecule has 0 N–H and O–H groups in total. The molecule has 0 amide bonds. The first kappa shape index (κ1) is 8.81. The Bertz CT molecular complexity index is 112. The van der Waals surface area contributed by atoms with Gasteiger partial charge in [-0.15, -0.1) is 17.5 Å². The molecule has 0 bridgehead atoms. The third kappa shape index (κ3) is 5.68. The van der Waals surface area contributed by atoms with Gasteiger partial charge in [-0.05, 0) is 7.05 Å². The van der Waals surface area contributed by atoms with Crippen LogP contribution in [0.25, 0.3) is 0 Å². The Labute approximate surface area is 62.0 Å². The molecule has 0 aromatic heterocycles. The van der Waals surface area contributed by atoms with Gasteiger partial charge in [0.2, 0.25) is 0 Å². The lowest BCUT2D eigenvalue weighted by Crippen LogP contribution is -2.20. The largest absolute Gasteiger partial charge is 0.294 e. The number of halogens is 1. The molecule has 1 radical (unpaired) electrons. The molecule has 0 saturated carbocycles. The van der Waals surface area contributed by atoms with Crippen LogP contribution < -0.4 is 0 Å². The maximum absolute atomic E-state index is 5.47. The Morgan fingerprint density at radius 2 is 2.33 bits per heavy atom. The molecule has 9 heavy (non-hydrogen) atoms. The topological polar surface area (TPSA) is 3.24 Å². The van der Waals surface area contributed by atoms with Gasteiger partial charge in [-0.1, -0.05) is 5.92 Å². The fourth-order valence-corrected chi connectivity index (χ4v) is 0.703. The van der Waals surface area contributed by atoms with Gasteiger partial charge >= 0.3 is 0 Å². The van der Waals surface area contributed by atoms with Gasteiger partial charge in [-0.3, -0.25) is 4.90 Å². The third-order valence-electron chi connectivity index (χ3n) is 0.940. The van der Waals surface area contributed by atoms with Gasteiger partial charge in [0.05, 0.1) is 6.54 Å². The van der Waals surface area contributed by atoms with Gasteiger partial charge < -0.3 is 0 Å². The second kappa shape index (κ2) is 5.94. The van der Waals surface area contributed by atoms with Crippen LogP contribution in [-0.4, -0.2) is 30.9 Å². The molecule has 0 aliphatic carbocycles. The van der Waals surface area contributed by atoms with Crippen LogP contribution in [0.4, 0.5) is 0 Å². The highest BCUT2D eigenvalue weighted by atomic mass is 35.5. The molecule has 0 fully saturated rings. The van der Waals surface area contributed by atoms with Crippen LogP contribution >= 0.6 is 11.6 Å². The zero-order valence-corrected chi connectivity index (χ0v) is 6.41. The summed E-state index contributed by atoms with van der Waals surface area (Å²) in [6.07, 6.45) is 0. The van der Waals surface area contributed by atoms with Crippen molar-refractivity contribution >= 4 is 11.6 Å². The van der Waals surface area contributed by atoms with Gasteiger partial charge in [0.1, 0.15) is 0 Å². The zero-order chi connectivity index (χ0) is 7.11. The Morgan fingerprint density at radius 1 is 1.67 bits per heavy atom. The molecule has 0 atom stereocenters. The maximum Gasteiger partial charge on any atom is 0.0599 e. The molecule has 1 nitrogen and oxygen atoms in total. The molecule has 51 valence electrons. The summed E-state index contributed by atoms with van der Waals surface area (Å²) < 4.78 is 0. The van der Waals surface area contributed by atoms with E-state index in [2.05, 4.69) is 18.8 Å². The number of alkyl halides is 1. The summed E-state index contributed by atoms with van der Waals surface area (Å²) in [5, 5.41) is 0. The number of rotatable bonds is 3. The summed E-state index contributed by atoms with van der Waals surface area (Å²) in [4.78, 5) is 2.05. The minimum absolute atomic E-state index is 0.662. The molecule has 0 unspecified atom stereocenters. The van der Waals surface area contributed by atoms with Crippen molar-refractivity contribution in [2.24, 2.45) is 0 Å². The van der Waals surface area contributed by atoms with Crippen LogP contribution in [0.2, 0.25) is 0 Å². The fourth-order valence-electron chi connectivity index (χ4n) is 0.414. The van der Waals surface area contributed by atoms with Crippen molar-refractivity contribution in [3.05, 3.63) is 6.92 Å². The van der Waals surface area contributed by atoms with Crippen molar-refractivity contribution in [3.63, 3.8) is 0 Å². The first-order chi connectivity index (χ1) is 4.31. The molecule has 0 rings (SSSR count). The molecule has 0 aromatic rings. The summed E-state index contributed by atoms with van der Waals surface area (Å²) in [6, 6.07) is 0. The van der Waals surface area contributed by atoms with E-state index in [1.165, 1.54) is 0 Å². The van der Waals surface area contributed by atoms with Crippen LogP contribution in [0.15, 0.2) is 0 Å². The average molecular weight is 145 g/mol. The number of hydrogen-bond acceptors (Lipinski definition) is 1. The van der Waals surface area contributed by atoms with Crippen molar-refractivity contribution in [2.45, 2.75) is 0 Å². The quantitative estimate of drug-likeness (QED) is 0.422. The van der Waals surface area contributed by atoms with Gasteiger partial charge in [-0.25, -0.2) is 0 Å². The highest BCUT2D eigenvalue weighted by Crippen LogP contribution is 1.81. The highest BCUT2D eigenvalue weighted by Gasteiger charge is 1.90. The van der Waals surface area contributed by atoms with Crippen molar-refractivity contribution in [1.82, 2.24) is 4.90 Å². The first-order valence-electron chi connectivity index (χ1n) is 2.80. The standard InChI is InChI=1S/C7H11ClN/c1-3-4-6-9(2)7-5-8/h1,5-7H2,2H3. The predicted octanol–water partition coefficient (Wildman–Crippen LogP) is 0.994. The van der Waals surface area contributed by atoms with Crippen LogP contribution in [0.5, 0.6) is 0 Å². The Hall–Kier alpha value is -0.190. The van der Waals surface area contributed by atoms with Gasteiger partial charge in [-0.2, -0.15) is 0 Å². The molecule has 0 aromatic carbocycles. The van der Waals surface area contributed by atoms with Crippen molar-refractivity contribution in [2.75, 3.05) is 26.0 Å². The van der Waals surface area contributed by atoms with Crippen LogP contribution in [0.3, 0.4) is 0 Å². The third-order valence-corrected chi connectivity index (χ3v) is 1.11. The van der Waals surface area contributed by atoms with Crippen molar-refractivity contribution in [3.8, 4) is 11.8 Å². The Balaban J connectivity index is 3.22. The zero-order valence-electron chi connectivity index (χ0n) is 5.65. The smallest absolute Gasteiger partial charge is 0.0599 e. The lowest BCUT2D eigenvalue weighted by atomic mass is 10.5. The molecular formula is C7H11ClN. The second-order valence-electron chi connectivity index (χ2n) is 1.78. The van der Waals surface area contributed by atoms with Crippen LogP contribution in [0.1, 0.15) is 0 Å². The predicted molar refractivity (Wildman–Crippen MR) is 41.4 cm³/mol. The molecule has 2 heteroatoms. The highest BCUT2D eigenvalue weighted by molar-refractivity contribution is 6.18. The minimum atomic E-state index is 0.662. The van der Waals surface area contributed by atoms with E-state index >= 15 is 0 Å². The van der Waals surface area contributed by atoms with E-state index in [4.69, 9.17) is 11.6 Å². The van der Waals surface area contributed by atoms with Crippen molar-refractivity contribution < 1.29 is 0 Å².